The number of carboxylic acids is 1. The number of hydrogen-bond donors (Lipinski definition) is 1. The van der Waals surface area contributed by atoms with E-state index in [1.807, 2.05) is 4.57 Å². The average Bonchev–Trinajstić information content (AvgIpc) is 2.62. The minimum absolute atomic E-state index is 0.0144. The first kappa shape index (κ1) is 14.8. The van der Waals surface area contributed by atoms with Crippen molar-refractivity contribution in [3.63, 3.8) is 0 Å². The maximum Gasteiger partial charge on any atom is 0.313 e. The van der Waals surface area contributed by atoms with Crippen molar-refractivity contribution < 1.29 is 14.3 Å². The summed E-state index contributed by atoms with van der Waals surface area (Å²) in [6.45, 7) is 6.97. The highest BCUT2D eigenvalue weighted by Gasteiger charge is 2.18. The fraction of sp³-hybridized carbons (Fsp3) is 0.429. The van der Waals surface area contributed by atoms with Gasteiger partial charge < -0.3 is 9.67 Å². The number of rotatable bonds is 4. The largest absolute Gasteiger partial charge is 0.481 e. The predicted molar refractivity (Wildman–Crippen MR) is 77.5 cm³/mol. The Balaban J connectivity index is 2.47. The van der Waals surface area contributed by atoms with Gasteiger partial charge >= 0.3 is 5.97 Å². The van der Waals surface area contributed by atoms with E-state index in [0.29, 0.717) is 17.2 Å². The first-order chi connectivity index (χ1) is 9.26. The van der Waals surface area contributed by atoms with Crippen molar-refractivity contribution in [2.45, 2.75) is 32.5 Å². The molecule has 0 atom stereocenters. The fourth-order valence-electron chi connectivity index (χ4n) is 1.94. The van der Waals surface area contributed by atoms with Gasteiger partial charge in [0, 0.05) is 12.6 Å². The minimum Gasteiger partial charge on any atom is -0.481 e. The molecule has 20 heavy (non-hydrogen) atoms. The molecule has 0 fully saturated rings. The molecule has 2 rings (SSSR count). The van der Waals surface area contributed by atoms with Crippen molar-refractivity contribution in [2.24, 2.45) is 5.41 Å². The van der Waals surface area contributed by atoms with Crippen LogP contribution in [0.3, 0.4) is 0 Å². The molecule has 0 saturated heterocycles. The van der Waals surface area contributed by atoms with Crippen molar-refractivity contribution in [1.29, 1.82) is 0 Å². The van der Waals surface area contributed by atoms with Crippen LogP contribution < -0.4 is 0 Å². The van der Waals surface area contributed by atoms with Gasteiger partial charge in [-0.05, 0) is 17.5 Å². The molecule has 0 amide bonds. The van der Waals surface area contributed by atoms with Crippen LogP contribution in [0.25, 0.3) is 11.0 Å². The number of aromatic nitrogens is 2. The van der Waals surface area contributed by atoms with Crippen LogP contribution in [0.15, 0.2) is 23.4 Å². The summed E-state index contributed by atoms with van der Waals surface area (Å²) in [6, 6.07) is 4.46. The number of carbonyl (C=O) groups is 1. The Morgan fingerprint density at radius 1 is 1.45 bits per heavy atom. The van der Waals surface area contributed by atoms with Crippen LogP contribution in [0.5, 0.6) is 0 Å². The van der Waals surface area contributed by atoms with Crippen LogP contribution in [0.1, 0.15) is 20.8 Å². The van der Waals surface area contributed by atoms with Crippen molar-refractivity contribution in [2.75, 3.05) is 5.75 Å². The molecule has 0 aliphatic rings. The number of imidazole rings is 1. The lowest BCUT2D eigenvalue weighted by Gasteiger charge is -2.20. The number of thioether (sulfide) groups is 1. The summed E-state index contributed by atoms with van der Waals surface area (Å²) in [5.41, 5.74) is 1.40. The predicted octanol–water partition coefficient (Wildman–Crippen LogP) is 3.40. The molecule has 1 aromatic carbocycles. The Bertz CT molecular complexity index is 646. The van der Waals surface area contributed by atoms with Gasteiger partial charge in [-0.1, -0.05) is 32.5 Å². The number of fused-ring (bicyclic) bond motifs is 1. The van der Waals surface area contributed by atoms with Gasteiger partial charge in [0.2, 0.25) is 0 Å². The lowest BCUT2D eigenvalue weighted by Crippen LogP contribution is -2.16. The first-order valence-electron chi connectivity index (χ1n) is 6.27. The molecule has 0 aliphatic carbocycles. The molecule has 0 unspecified atom stereocenters. The average molecular weight is 296 g/mol. The lowest BCUT2D eigenvalue weighted by atomic mass is 9.97. The van der Waals surface area contributed by atoms with Crippen molar-refractivity contribution in [3.8, 4) is 0 Å². The molecule has 0 saturated carbocycles. The molecule has 1 aromatic heterocycles. The van der Waals surface area contributed by atoms with Gasteiger partial charge in [-0.3, -0.25) is 4.79 Å². The highest BCUT2D eigenvalue weighted by atomic mass is 32.2. The van der Waals surface area contributed by atoms with Gasteiger partial charge in [0.05, 0.1) is 16.8 Å². The number of aliphatic carboxylic acids is 1. The number of benzene rings is 1. The van der Waals surface area contributed by atoms with Gasteiger partial charge in [0.1, 0.15) is 5.82 Å². The van der Waals surface area contributed by atoms with Crippen molar-refractivity contribution >= 4 is 28.8 Å². The summed E-state index contributed by atoms with van der Waals surface area (Å²) in [6.07, 6.45) is 0. The van der Waals surface area contributed by atoms with E-state index in [-0.39, 0.29) is 17.0 Å². The van der Waals surface area contributed by atoms with Gasteiger partial charge in [0.15, 0.2) is 5.16 Å². The van der Waals surface area contributed by atoms with Crippen LogP contribution in [0.4, 0.5) is 4.39 Å². The summed E-state index contributed by atoms with van der Waals surface area (Å²) in [5, 5.41) is 9.41. The molecule has 6 heteroatoms. The smallest absolute Gasteiger partial charge is 0.313 e. The maximum absolute atomic E-state index is 13.3. The van der Waals surface area contributed by atoms with E-state index in [1.165, 1.54) is 12.1 Å². The second-order valence-corrected chi connectivity index (χ2v) is 6.80. The summed E-state index contributed by atoms with van der Waals surface area (Å²) in [4.78, 5) is 15.1. The highest BCUT2D eigenvalue weighted by Crippen LogP contribution is 2.28. The molecular formula is C14H17FN2O2S. The number of halogens is 1. The Morgan fingerprint density at radius 2 is 2.15 bits per heavy atom. The molecular weight excluding hydrogens is 279 g/mol. The van der Waals surface area contributed by atoms with E-state index < -0.39 is 5.97 Å². The van der Waals surface area contributed by atoms with E-state index >= 15 is 0 Å². The second kappa shape index (κ2) is 5.44. The molecule has 0 bridgehead atoms. The SMILES string of the molecule is CC(C)(C)Cn1c(SCC(=O)O)nc2cc(F)ccc21. The van der Waals surface area contributed by atoms with E-state index in [4.69, 9.17) is 5.11 Å². The summed E-state index contributed by atoms with van der Waals surface area (Å²) < 4.78 is 15.2. The Hall–Kier alpha value is -1.56. The van der Waals surface area contributed by atoms with E-state index in [1.54, 1.807) is 6.07 Å². The van der Waals surface area contributed by atoms with Crippen LogP contribution in [0, 0.1) is 11.2 Å². The molecule has 4 nitrogen and oxygen atoms in total. The third kappa shape index (κ3) is 3.50. The molecule has 0 spiro atoms. The van der Waals surface area contributed by atoms with E-state index in [9.17, 15) is 9.18 Å². The standard InChI is InChI=1S/C14H17FN2O2S/c1-14(2,3)8-17-11-5-4-9(15)6-10(11)16-13(17)20-7-12(18)19/h4-6H,7-8H2,1-3H3,(H,18,19). The summed E-state index contributed by atoms with van der Waals surface area (Å²) >= 11 is 1.16. The normalized spacial score (nSPS) is 12.0. The summed E-state index contributed by atoms with van der Waals surface area (Å²) in [5.74, 6) is -1.29. The van der Waals surface area contributed by atoms with Gasteiger partial charge in [-0.25, -0.2) is 9.37 Å². The maximum atomic E-state index is 13.3. The van der Waals surface area contributed by atoms with Gasteiger partial charge in [-0.15, -0.1) is 0 Å². The van der Waals surface area contributed by atoms with Gasteiger partial charge in [0.25, 0.3) is 0 Å². The zero-order valence-electron chi connectivity index (χ0n) is 11.7. The molecule has 0 radical (unpaired) electrons. The second-order valence-electron chi connectivity index (χ2n) is 5.86. The highest BCUT2D eigenvalue weighted by molar-refractivity contribution is 7.99. The number of hydrogen-bond acceptors (Lipinski definition) is 3. The quantitative estimate of drug-likeness (QED) is 0.879. The third-order valence-electron chi connectivity index (χ3n) is 2.63. The third-order valence-corrected chi connectivity index (χ3v) is 3.59. The van der Waals surface area contributed by atoms with E-state index in [0.717, 1.165) is 17.3 Å². The van der Waals surface area contributed by atoms with Crippen LogP contribution in [-0.4, -0.2) is 26.4 Å². The monoisotopic (exact) mass is 296 g/mol. The topological polar surface area (TPSA) is 55.1 Å². The first-order valence-corrected chi connectivity index (χ1v) is 7.25. The number of carboxylic acid groups (broad SMARTS) is 1. The Morgan fingerprint density at radius 3 is 2.75 bits per heavy atom. The zero-order chi connectivity index (χ0) is 14.9. The minimum atomic E-state index is -0.893. The fourth-order valence-corrected chi connectivity index (χ4v) is 2.68. The Kier molecular flexibility index (Phi) is 4.04. The molecule has 108 valence electrons. The van der Waals surface area contributed by atoms with Gasteiger partial charge in [-0.2, -0.15) is 0 Å². The molecule has 2 aromatic rings. The van der Waals surface area contributed by atoms with Crippen molar-refractivity contribution in [3.05, 3.63) is 24.0 Å². The molecule has 1 heterocycles. The lowest BCUT2D eigenvalue weighted by molar-refractivity contribution is -0.133. The van der Waals surface area contributed by atoms with Crippen LogP contribution in [0.2, 0.25) is 0 Å². The van der Waals surface area contributed by atoms with Crippen LogP contribution >= 0.6 is 11.8 Å². The van der Waals surface area contributed by atoms with E-state index in [2.05, 4.69) is 25.8 Å². The Labute approximate surface area is 121 Å². The van der Waals surface area contributed by atoms with Crippen LogP contribution in [-0.2, 0) is 11.3 Å². The zero-order valence-corrected chi connectivity index (χ0v) is 12.5. The van der Waals surface area contributed by atoms with Crippen molar-refractivity contribution in [1.82, 2.24) is 9.55 Å². The molecule has 0 aliphatic heterocycles. The summed E-state index contributed by atoms with van der Waals surface area (Å²) in [7, 11) is 0. The number of nitrogens with zero attached hydrogens (tertiary/aromatic N) is 2. The molecule has 1 N–H and O–H groups in total.